The standard InChI is InChI=1S/C13H22N4S/c1-5-10(6-2)7-15-13-11(12(14)18)8(3)9(4)16-17-13/h10H,5-7H2,1-4H3,(H2,14,18)(H,15,17). The summed E-state index contributed by atoms with van der Waals surface area (Å²) in [7, 11) is 0. The Balaban J connectivity index is 2.95. The van der Waals surface area contributed by atoms with Gasteiger partial charge in [-0.2, -0.15) is 5.10 Å². The molecule has 0 unspecified atom stereocenters. The van der Waals surface area contributed by atoms with E-state index in [4.69, 9.17) is 18.0 Å². The zero-order valence-corrected chi connectivity index (χ0v) is 12.4. The zero-order valence-electron chi connectivity index (χ0n) is 11.6. The SMILES string of the molecule is CCC(CC)CNc1nnc(C)c(C)c1C(N)=S. The molecule has 0 spiro atoms. The van der Waals surface area contributed by atoms with Gasteiger partial charge in [-0.1, -0.05) is 38.9 Å². The third-order valence-electron chi connectivity index (χ3n) is 3.41. The maximum absolute atomic E-state index is 5.78. The van der Waals surface area contributed by atoms with Crippen molar-refractivity contribution in [3.8, 4) is 0 Å². The molecule has 100 valence electrons. The van der Waals surface area contributed by atoms with Crippen LogP contribution in [0.4, 0.5) is 5.82 Å². The van der Waals surface area contributed by atoms with Gasteiger partial charge in [0.05, 0.1) is 11.3 Å². The molecule has 0 amide bonds. The smallest absolute Gasteiger partial charge is 0.159 e. The Hall–Kier alpha value is -1.23. The van der Waals surface area contributed by atoms with Crippen molar-refractivity contribution in [1.29, 1.82) is 0 Å². The summed E-state index contributed by atoms with van der Waals surface area (Å²) in [5.74, 6) is 1.34. The maximum atomic E-state index is 5.78. The molecular formula is C13H22N4S. The highest BCUT2D eigenvalue weighted by Crippen LogP contribution is 2.19. The van der Waals surface area contributed by atoms with Gasteiger partial charge in [0.15, 0.2) is 5.82 Å². The molecule has 0 atom stereocenters. The van der Waals surface area contributed by atoms with Gasteiger partial charge in [0.2, 0.25) is 0 Å². The predicted octanol–water partition coefficient (Wildman–Crippen LogP) is 2.58. The van der Waals surface area contributed by atoms with Crippen molar-refractivity contribution in [3.63, 3.8) is 0 Å². The van der Waals surface area contributed by atoms with E-state index < -0.39 is 0 Å². The van der Waals surface area contributed by atoms with Gasteiger partial charge in [-0.25, -0.2) is 0 Å². The van der Waals surface area contributed by atoms with Gasteiger partial charge in [0.25, 0.3) is 0 Å². The number of aromatic nitrogens is 2. The first-order chi connectivity index (χ1) is 8.51. The molecule has 0 saturated carbocycles. The van der Waals surface area contributed by atoms with E-state index in [9.17, 15) is 0 Å². The number of rotatable bonds is 6. The van der Waals surface area contributed by atoms with Crippen LogP contribution in [0.2, 0.25) is 0 Å². The third-order valence-corrected chi connectivity index (χ3v) is 3.62. The Kier molecular flexibility index (Phi) is 5.47. The molecule has 1 aromatic rings. The van der Waals surface area contributed by atoms with Crippen LogP contribution in [0, 0.1) is 19.8 Å². The summed E-state index contributed by atoms with van der Waals surface area (Å²) >= 11 is 5.10. The minimum absolute atomic E-state index is 0.373. The molecule has 0 radical (unpaired) electrons. The largest absolute Gasteiger partial charge is 0.389 e. The van der Waals surface area contributed by atoms with Gasteiger partial charge in [0, 0.05) is 6.54 Å². The number of hydrogen-bond donors (Lipinski definition) is 2. The number of anilines is 1. The van der Waals surface area contributed by atoms with E-state index in [2.05, 4.69) is 29.4 Å². The summed E-state index contributed by atoms with van der Waals surface area (Å²) in [4.78, 5) is 0.373. The summed E-state index contributed by atoms with van der Waals surface area (Å²) in [5.41, 5.74) is 8.47. The van der Waals surface area contributed by atoms with E-state index >= 15 is 0 Å². The van der Waals surface area contributed by atoms with Crippen LogP contribution in [-0.2, 0) is 0 Å². The molecular weight excluding hydrogens is 244 g/mol. The topological polar surface area (TPSA) is 63.8 Å². The van der Waals surface area contributed by atoms with Crippen molar-refractivity contribution in [1.82, 2.24) is 10.2 Å². The maximum Gasteiger partial charge on any atom is 0.159 e. The molecule has 1 rings (SSSR count). The fourth-order valence-electron chi connectivity index (χ4n) is 1.85. The normalized spacial score (nSPS) is 10.7. The average molecular weight is 266 g/mol. The lowest BCUT2D eigenvalue weighted by atomic mass is 10.0. The summed E-state index contributed by atoms with van der Waals surface area (Å²) in [6, 6.07) is 0. The van der Waals surface area contributed by atoms with Crippen LogP contribution in [0.1, 0.15) is 43.5 Å². The number of thiocarbonyl (C=S) groups is 1. The fraction of sp³-hybridized carbons (Fsp3) is 0.615. The molecule has 0 aromatic carbocycles. The number of nitrogens with one attached hydrogen (secondary N) is 1. The van der Waals surface area contributed by atoms with Crippen LogP contribution >= 0.6 is 12.2 Å². The molecule has 0 aliphatic carbocycles. The third kappa shape index (κ3) is 3.38. The van der Waals surface area contributed by atoms with E-state index in [-0.39, 0.29) is 0 Å². The second kappa shape index (κ2) is 6.64. The predicted molar refractivity (Wildman–Crippen MR) is 80.0 cm³/mol. The molecule has 1 heterocycles. The molecule has 4 nitrogen and oxygen atoms in total. The van der Waals surface area contributed by atoms with E-state index in [0.29, 0.717) is 16.7 Å². The van der Waals surface area contributed by atoms with E-state index in [1.165, 1.54) is 0 Å². The number of nitrogens with two attached hydrogens (primary N) is 1. The van der Waals surface area contributed by atoms with Crippen molar-refractivity contribution < 1.29 is 0 Å². The number of nitrogens with zero attached hydrogens (tertiary/aromatic N) is 2. The second-order valence-corrected chi connectivity index (χ2v) is 5.00. The van der Waals surface area contributed by atoms with Gasteiger partial charge in [-0.15, -0.1) is 5.10 Å². The summed E-state index contributed by atoms with van der Waals surface area (Å²) in [6.07, 6.45) is 2.29. The molecule has 18 heavy (non-hydrogen) atoms. The quantitative estimate of drug-likeness (QED) is 0.775. The monoisotopic (exact) mass is 266 g/mol. The van der Waals surface area contributed by atoms with Gasteiger partial charge in [-0.05, 0) is 25.3 Å². The molecule has 5 heteroatoms. The lowest BCUT2D eigenvalue weighted by Gasteiger charge is -2.17. The number of hydrogen-bond acceptors (Lipinski definition) is 4. The highest BCUT2D eigenvalue weighted by atomic mass is 32.1. The first kappa shape index (κ1) is 14.8. The van der Waals surface area contributed by atoms with Crippen LogP contribution in [0.25, 0.3) is 0 Å². The minimum atomic E-state index is 0.373. The van der Waals surface area contributed by atoms with Crippen LogP contribution in [0.3, 0.4) is 0 Å². The van der Waals surface area contributed by atoms with Crippen molar-refractivity contribution in [2.24, 2.45) is 11.7 Å². The molecule has 0 saturated heterocycles. The Bertz CT molecular complexity index is 427. The van der Waals surface area contributed by atoms with Crippen LogP contribution in [0.15, 0.2) is 0 Å². The Morgan fingerprint density at radius 2 is 1.89 bits per heavy atom. The fourth-order valence-corrected chi connectivity index (χ4v) is 2.10. The summed E-state index contributed by atoms with van der Waals surface area (Å²) in [5, 5.41) is 11.6. The molecule has 0 aliphatic rings. The Morgan fingerprint density at radius 1 is 1.28 bits per heavy atom. The Labute approximate surface area is 114 Å². The molecule has 0 aliphatic heterocycles. The van der Waals surface area contributed by atoms with Crippen molar-refractivity contribution in [2.45, 2.75) is 40.5 Å². The van der Waals surface area contributed by atoms with Gasteiger partial charge in [-0.3, -0.25) is 0 Å². The molecule has 3 N–H and O–H groups in total. The molecule has 1 aromatic heterocycles. The van der Waals surface area contributed by atoms with Crippen molar-refractivity contribution in [3.05, 3.63) is 16.8 Å². The Morgan fingerprint density at radius 3 is 2.39 bits per heavy atom. The van der Waals surface area contributed by atoms with Gasteiger partial charge in [0.1, 0.15) is 4.99 Å². The molecule has 0 bridgehead atoms. The van der Waals surface area contributed by atoms with E-state index in [0.717, 1.165) is 36.2 Å². The van der Waals surface area contributed by atoms with Crippen LogP contribution in [0.5, 0.6) is 0 Å². The van der Waals surface area contributed by atoms with Crippen LogP contribution < -0.4 is 11.1 Å². The van der Waals surface area contributed by atoms with E-state index in [1.54, 1.807) is 0 Å². The highest BCUT2D eigenvalue weighted by molar-refractivity contribution is 7.80. The zero-order chi connectivity index (χ0) is 13.7. The number of aryl methyl sites for hydroxylation is 1. The van der Waals surface area contributed by atoms with Crippen molar-refractivity contribution >= 4 is 23.0 Å². The molecule has 0 fully saturated rings. The van der Waals surface area contributed by atoms with Gasteiger partial charge < -0.3 is 11.1 Å². The highest BCUT2D eigenvalue weighted by Gasteiger charge is 2.14. The van der Waals surface area contributed by atoms with Crippen LogP contribution in [-0.4, -0.2) is 21.7 Å². The van der Waals surface area contributed by atoms with E-state index in [1.807, 2.05) is 13.8 Å². The first-order valence-electron chi connectivity index (χ1n) is 6.38. The van der Waals surface area contributed by atoms with Gasteiger partial charge >= 0.3 is 0 Å². The lowest BCUT2D eigenvalue weighted by Crippen LogP contribution is -2.21. The van der Waals surface area contributed by atoms with Crippen molar-refractivity contribution in [2.75, 3.05) is 11.9 Å². The summed E-state index contributed by atoms with van der Waals surface area (Å²) in [6.45, 7) is 9.14. The first-order valence-corrected chi connectivity index (χ1v) is 6.79. The lowest BCUT2D eigenvalue weighted by molar-refractivity contribution is 0.518. The summed E-state index contributed by atoms with van der Waals surface area (Å²) < 4.78 is 0. The second-order valence-electron chi connectivity index (χ2n) is 4.56. The minimum Gasteiger partial charge on any atom is -0.389 e. The average Bonchev–Trinajstić information content (AvgIpc) is 2.34.